The molecule has 1 saturated carbocycles. The van der Waals surface area contributed by atoms with Gasteiger partial charge in [0.2, 0.25) is 10.0 Å². The van der Waals surface area contributed by atoms with E-state index >= 15 is 0 Å². The second-order valence-electron chi connectivity index (χ2n) is 6.16. The molecule has 23 heavy (non-hydrogen) atoms. The summed E-state index contributed by atoms with van der Waals surface area (Å²) in [6, 6.07) is 4.13. The van der Waals surface area contributed by atoms with Crippen molar-refractivity contribution in [2.45, 2.75) is 44.0 Å². The third-order valence-electron chi connectivity index (χ3n) is 4.79. The van der Waals surface area contributed by atoms with Gasteiger partial charge in [0.1, 0.15) is 5.69 Å². The van der Waals surface area contributed by atoms with Crippen LogP contribution in [0.25, 0.3) is 0 Å². The molecule has 7 nitrogen and oxygen atoms in total. The van der Waals surface area contributed by atoms with Gasteiger partial charge in [-0.05, 0) is 37.4 Å². The SMILES string of the molecule is CNS(=O)(=O)c1ccc(N[C@@H]2CCC[C@@H](C)[C@H]2C)c([N+](=O)[O-])c1. The number of hydrogen-bond donors (Lipinski definition) is 2. The van der Waals surface area contributed by atoms with Crippen molar-refractivity contribution in [3.8, 4) is 0 Å². The van der Waals surface area contributed by atoms with Crippen molar-refractivity contribution in [2.75, 3.05) is 12.4 Å². The molecule has 1 aliphatic rings. The first-order valence-corrected chi connectivity index (χ1v) is 9.23. The Morgan fingerprint density at radius 2 is 1.96 bits per heavy atom. The fourth-order valence-corrected chi connectivity index (χ4v) is 3.80. The van der Waals surface area contributed by atoms with E-state index in [1.54, 1.807) is 0 Å². The first kappa shape index (κ1) is 17.7. The van der Waals surface area contributed by atoms with Crippen molar-refractivity contribution < 1.29 is 13.3 Å². The number of anilines is 1. The Hall–Kier alpha value is -1.67. The summed E-state index contributed by atoms with van der Waals surface area (Å²) >= 11 is 0. The topological polar surface area (TPSA) is 101 Å². The van der Waals surface area contributed by atoms with Crippen molar-refractivity contribution >= 4 is 21.4 Å². The van der Waals surface area contributed by atoms with Crippen molar-refractivity contribution in [3.05, 3.63) is 28.3 Å². The van der Waals surface area contributed by atoms with Crippen LogP contribution in [0.5, 0.6) is 0 Å². The molecule has 1 aliphatic carbocycles. The summed E-state index contributed by atoms with van der Waals surface area (Å²) in [5.41, 5.74) is 0.155. The summed E-state index contributed by atoms with van der Waals surface area (Å²) in [6.07, 6.45) is 3.21. The van der Waals surface area contributed by atoms with Crippen LogP contribution in [0.3, 0.4) is 0 Å². The lowest BCUT2D eigenvalue weighted by Crippen LogP contribution is -2.35. The van der Waals surface area contributed by atoms with Crippen LogP contribution in [0.4, 0.5) is 11.4 Å². The standard InChI is InChI=1S/C15H23N3O4S/c1-10-5-4-6-13(11(10)2)17-14-8-7-12(23(21,22)16-3)9-15(14)18(19)20/h7-11,13,16-17H,4-6H2,1-3H3/t10-,11-,13-/m1/s1. The van der Waals surface area contributed by atoms with E-state index in [4.69, 9.17) is 0 Å². The van der Waals surface area contributed by atoms with E-state index in [2.05, 4.69) is 23.9 Å². The molecule has 0 aliphatic heterocycles. The molecule has 0 heterocycles. The van der Waals surface area contributed by atoms with Crippen LogP contribution in [-0.2, 0) is 10.0 Å². The van der Waals surface area contributed by atoms with Crippen LogP contribution in [0.15, 0.2) is 23.1 Å². The van der Waals surface area contributed by atoms with Gasteiger partial charge in [0, 0.05) is 12.1 Å². The third-order valence-corrected chi connectivity index (χ3v) is 6.20. The molecule has 2 N–H and O–H groups in total. The quantitative estimate of drug-likeness (QED) is 0.633. The molecule has 1 aromatic carbocycles. The number of sulfonamides is 1. The summed E-state index contributed by atoms with van der Waals surface area (Å²) < 4.78 is 25.8. The molecule has 2 rings (SSSR count). The Morgan fingerprint density at radius 1 is 1.26 bits per heavy atom. The summed E-state index contributed by atoms with van der Waals surface area (Å²) in [7, 11) is -2.43. The number of nitro benzene ring substituents is 1. The molecule has 0 amide bonds. The van der Waals surface area contributed by atoms with Gasteiger partial charge in [0.05, 0.1) is 9.82 Å². The second-order valence-corrected chi connectivity index (χ2v) is 8.05. The molecule has 128 valence electrons. The minimum Gasteiger partial charge on any atom is -0.376 e. The Bertz CT molecular complexity index is 690. The average Bonchev–Trinajstić information content (AvgIpc) is 2.51. The van der Waals surface area contributed by atoms with E-state index in [-0.39, 0.29) is 16.6 Å². The Labute approximate surface area is 136 Å². The molecule has 0 unspecified atom stereocenters. The molecule has 0 spiro atoms. The van der Waals surface area contributed by atoms with E-state index in [1.165, 1.54) is 25.6 Å². The minimum atomic E-state index is -3.71. The number of benzene rings is 1. The fraction of sp³-hybridized carbons (Fsp3) is 0.600. The molecule has 0 bridgehead atoms. The van der Waals surface area contributed by atoms with Crippen molar-refractivity contribution in [1.82, 2.24) is 4.72 Å². The molecular formula is C15H23N3O4S. The Balaban J connectivity index is 2.33. The summed E-state index contributed by atoms with van der Waals surface area (Å²) in [6.45, 7) is 4.34. The van der Waals surface area contributed by atoms with Gasteiger partial charge in [-0.2, -0.15) is 0 Å². The first-order chi connectivity index (χ1) is 10.8. The summed E-state index contributed by atoms with van der Waals surface area (Å²) in [5, 5.41) is 14.6. The van der Waals surface area contributed by atoms with Crippen LogP contribution in [-0.4, -0.2) is 26.4 Å². The van der Waals surface area contributed by atoms with Crippen LogP contribution < -0.4 is 10.0 Å². The molecule has 8 heteroatoms. The number of nitrogens with zero attached hydrogens (tertiary/aromatic N) is 1. The monoisotopic (exact) mass is 341 g/mol. The van der Waals surface area contributed by atoms with E-state index in [1.807, 2.05) is 0 Å². The summed E-state index contributed by atoms with van der Waals surface area (Å²) in [4.78, 5) is 10.7. The molecule has 3 atom stereocenters. The molecule has 0 aromatic heterocycles. The van der Waals surface area contributed by atoms with Crippen LogP contribution >= 0.6 is 0 Å². The normalized spacial score (nSPS) is 25.1. The zero-order valence-electron chi connectivity index (χ0n) is 13.6. The van der Waals surface area contributed by atoms with E-state index < -0.39 is 14.9 Å². The highest BCUT2D eigenvalue weighted by atomic mass is 32.2. The lowest BCUT2D eigenvalue weighted by atomic mass is 9.78. The maximum atomic E-state index is 11.8. The van der Waals surface area contributed by atoms with Gasteiger partial charge in [-0.1, -0.05) is 26.7 Å². The van der Waals surface area contributed by atoms with Gasteiger partial charge in [-0.15, -0.1) is 0 Å². The highest BCUT2D eigenvalue weighted by molar-refractivity contribution is 7.89. The van der Waals surface area contributed by atoms with Crippen LogP contribution in [0, 0.1) is 22.0 Å². The van der Waals surface area contributed by atoms with Crippen LogP contribution in [0.1, 0.15) is 33.1 Å². The lowest BCUT2D eigenvalue weighted by molar-refractivity contribution is -0.384. The lowest BCUT2D eigenvalue weighted by Gasteiger charge is -2.35. The highest BCUT2D eigenvalue weighted by Crippen LogP contribution is 2.34. The fourth-order valence-electron chi connectivity index (χ4n) is 3.06. The summed E-state index contributed by atoms with van der Waals surface area (Å²) in [5.74, 6) is 0.966. The molecule has 0 radical (unpaired) electrons. The number of nitro groups is 1. The van der Waals surface area contributed by atoms with Crippen molar-refractivity contribution in [3.63, 3.8) is 0 Å². The predicted molar refractivity (Wildman–Crippen MR) is 88.9 cm³/mol. The van der Waals surface area contributed by atoms with Gasteiger partial charge < -0.3 is 5.32 Å². The second kappa shape index (κ2) is 6.84. The molecule has 0 saturated heterocycles. The van der Waals surface area contributed by atoms with Gasteiger partial charge in [-0.3, -0.25) is 10.1 Å². The maximum Gasteiger partial charge on any atom is 0.293 e. The molecule has 1 fully saturated rings. The third kappa shape index (κ3) is 3.81. The first-order valence-electron chi connectivity index (χ1n) is 7.74. The maximum absolute atomic E-state index is 11.8. The number of rotatable bonds is 5. The minimum absolute atomic E-state index is 0.109. The van der Waals surface area contributed by atoms with E-state index in [0.717, 1.165) is 18.9 Å². The van der Waals surface area contributed by atoms with Crippen molar-refractivity contribution in [1.29, 1.82) is 0 Å². The van der Waals surface area contributed by atoms with E-state index in [9.17, 15) is 18.5 Å². The van der Waals surface area contributed by atoms with Gasteiger partial charge in [-0.25, -0.2) is 13.1 Å². The van der Waals surface area contributed by atoms with E-state index in [0.29, 0.717) is 17.5 Å². The number of nitrogens with one attached hydrogen (secondary N) is 2. The Morgan fingerprint density at radius 3 is 2.57 bits per heavy atom. The zero-order chi connectivity index (χ0) is 17.2. The number of hydrogen-bond acceptors (Lipinski definition) is 5. The van der Waals surface area contributed by atoms with Crippen LogP contribution in [0.2, 0.25) is 0 Å². The largest absolute Gasteiger partial charge is 0.376 e. The molecule has 1 aromatic rings. The van der Waals surface area contributed by atoms with Gasteiger partial charge >= 0.3 is 0 Å². The average molecular weight is 341 g/mol. The van der Waals surface area contributed by atoms with Gasteiger partial charge in [0.25, 0.3) is 5.69 Å². The zero-order valence-corrected chi connectivity index (χ0v) is 14.4. The van der Waals surface area contributed by atoms with Crippen molar-refractivity contribution in [2.24, 2.45) is 11.8 Å². The molecular weight excluding hydrogens is 318 g/mol. The highest BCUT2D eigenvalue weighted by Gasteiger charge is 2.29. The smallest absolute Gasteiger partial charge is 0.293 e. The predicted octanol–water partition coefficient (Wildman–Crippen LogP) is 2.74. The Kier molecular flexibility index (Phi) is 5.26. The van der Waals surface area contributed by atoms with Gasteiger partial charge in [0.15, 0.2) is 0 Å².